The van der Waals surface area contributed by atoms with Gasteiger partial charge in [0.1, 0.15) is 11.5 Å². The molecule has 6 nitrogen and oxygen atoms in total. The maximum Gasteiger partial charge on any atom is 0.260 e. The van der Waals surface area contributed by atoms with E-state index < -0.39 is 6.10 Å². The molecule has 1 amide bonds. The molecule has 2 N–H and O–H groups in total. The third-order valence-corrected chi connectivity index (χ3v) is 5.92. The van der Waals surface area contributed by atoms with E-state index in [1.807, 2.05) is 48.7 Å². The van der Waals surface area contributed by atoms with Crippen LogP contribution in [0.15, 0.2) is 79.0 Å². The molecular formula is C28H28N2O4. The quantitative estimate of drug-likeness (QED) is 0.344. The second kappa shape index (κ2) is 10.3. The van der Waals surface area contributed by atoms with Gasteiger partial charge in [-0.25, -0.2) is 0 Å². The van der Waals surface area contributed by atoms with Crippen molar-refractivity contribution in [2.45, 2.75) is 25.9 Å². The van der Waals surface area contributed by atoms with Crippen LogP contribution in [0.4, 0.5) is 0 Å². The minimum absolute atomic E-state index is 0.0522. The van der Waals surface area contributed by atoms with Gasteiger partial charge in [-0.2, -0.15) is 0 Å². The fourth-order valence-electron chi connectivity index (χ4n) is 4.02. The highest BCUT2D eigenvalue weighted by Crippen LogP contribution is 2.31. The molecule has 1 heterocycles. The summed E-state index contributed by atoms with van der Waals surface area (Å²) < 4.78 is 11.1. The molecule has 1 aromatic heterocycles. The van der Waals surface area contributed by atoms with Gasteiger partial charge in [0.15, 0.2) is 11.9 Å². The molecule has 0 bridgehead atoms. The lowest BCUT2D eigenvalue weighted by molar-refractivity contribution is -0.127. The Bertz CT molecular complexity index is 1290. The van der Waals surface area contributed by atoms with E-state index in [4.69, 9.17) is 9.47 Å². The number of ketones is 1. The van der Waals surface area contributed by atoms with E-state index in [-0.39, 0.29) is 17.6 Å². The minimum Gasteiger partial charge on any atom is -0.497 e. The number of rotatable bonds is 9. The van der Waals surface area contributed by atoms with E-state index in [1.54, 1.807) is 38.3 Å². The Morgan fingerprint density at radius 1 is 0.971 bits per heavy atom. The molecule has 2 unspecified atom stereocenters. The Labute approximate surface area is 198 Å². The van der Waals surface area contributed by atoms with E-state index in [2.05, 4.69) is 16.4 Å². The Kier molecular flexibility index (Phi) is 6.97. The van der Waals surface area contributed by atoms with Crippen molar-refractivity contribution in [2.75, 3.05) is 13.7 Å². The zero-order valence-electron chi connectivity index (χ0n) is 19.5. The maximum atomic E-state index is 12.9. The van der Waals surface area contributed by atoms with Crippen LogP contribution in [-0.4, -0.2) is 36.4 Å². The summed E-state index contributed by atoms with van der Waals surface area (Å²) in [7, 11) is 1.64. The lowest BCUT2D eigenvalue weighted by Crippen LogP contribution is -2.38. The number of amides is 1. The van der Waals surface area contributed by atoms with E-state index >= 15 is 0 Å². The van der Waals surface area contributed by atoms with Crippen molar-refractivity contribution >= 4 is 22.6 Å². The normalized spacial score (nSPS) is 12.7. The third kappa shape index (κ3) is 5.12. The predicted octanol–water partition coefficient (Wildman–Crippen LogP) is 5.09. The average molecular weight is 457 g/mol. The molecule has 0 radical (unpaired) electrons. The highest BCUT2D eigenvalue weighted by Gasteiger charge is 2.22. The summed E-state index contributed by atoms with van der Waals surface area (Å²) in [4.78, 5) is 27.9. The highest BCUT2D eigenvalue weighted by molar-refractivity contribution is 5.94. The monoisotopic (exact) mass is 456 g/mol. The number of carbonyl (C=O) groups is 2. The number of hydrogen-bond donors (Lipinski definition) is 2. The number of fused-ring (bicyclic) bond motifs is 1. The number of carbonyl (C=O) groups excluding carboxylic acids is 2. The molecule has 0 aliphatic heterocycles. The molecule has 6 heteroatoms. The number of aromatic nitrogens is 1. The van der Waals surface area contributed by atoms with Gasteiger partial charge in [-0.1, -0.05) is 42.5 Å². The van der Waals surface area contributed by atoms with Crippen molar-refractivity contribution in [3.05, 3.63) is 95.7 Å². The van der Waals surface area contributed by atoms with Gasteiger partial charge in [-0.05, 0) is 55.3 Å². The van der Waals surface area contributed by atoms with Crippen LogP contribution in [-0.2, 0) is 4.79 Å². The second-order valence-electron chi connectivity index (χ2n) is 8.20. The van der Waals surface area contributed by atoms with Gasteiger partial charge >= 0.3 is 0 Å². The molecule has 0 saturated heterocycles. The molecule has 3 aromatic carbocycles. The van der Waals surface area contributed by atoms with E-state index in [0.29, 0.717) is 17.9 Å². The van der Waals surface area contributed by atoms with Gasteiger partial charge in [0, 0.05) is 35.1 Å². The zero-order chi connectivity index (χ0) is 24.1. The number of methoxy groups -OCH3 is 1. The van der Waals surface area contributed by atoms with Gasteiger partial charge < -0.3 is 19.8 Å². The van der Waals surface area contributed by atoms with Crippen LogP contribution in [0.5, 0.6) is 11.5 Å². The number of hydrogen-bond acceptors (Lipinski definition) is 4. The molecule has 0 fully saturated rings. The largest absolute Gasteiger partial charge is 0.497 e. The number of Topliss-reactive ketones (excluding diaryl/α,β-unsaturated/α-hetero) is 1. The van der Waals surface area contributed by atoms with Crippen molar-refractivity contribution in [3.63, 3.8) is 0 Å². The Hall–Kier alpha value is -4.06. The molecule has 0 saturated carbocycles. The van der Waals surface area contributed by atoms with Crippen LogP contribution < -0.4 is 14.8 Å². The molecule has 4 rings (SSSR count). The predicted molar refractivity (Wildman–Crippen MR) is 133 cm³/mol. The van der Waals surface area contributed by atoms with Gasteiger partial charge in [0.2, 0.25) is 0 Å². The summed E-state index contributed by atoms with van der Waals surface area (Å²) in [5.74, 6) is 0.911. The van der Waals surface area contributed by atoms with Crippen LogP contribution >= 0.6 is 0 Å². The van der Waals surface area contributed by atoms with Gasteiger partial charge in [-0.3, -0.25) is 9.59 Å². The van der Waals surface area contributed by atoms with Crippen LogP contribution in [0.2, 0.25) is 0 Å². The standard InChI is InChI=1S/C28H28N2O4/c1-18(31)21-7-6-8-23(15-21)34-19(2)28(32)30-16-25(20-11-13-22(33-3)14-12-20)26-17-29-27-10-5-4-9-24(26)27/h4-15,17,19,25,29H,16H2,1-3H3,(H,30,32). The Morgan fingerprint density at radius 2 is 1.74 bits per heavy atom. The van der Waals surface area contributed by atoms with Crippen LogP contribution in [0.25, 0.3) is 10.9 Å². The van der Waals surface area contributed by atoms with Gasteiger partial charge in [-0.15, -0.1) is 0 Å². The van der Waals surface area contributed by atoms with Crippen molar-refractivity contribution in [3.8, 4) is 11.5 Å². The molecule has 0 spiro atoms. The van der Waals surface area contributed by atoms with Crippen LogP contribution in [0.3, 0.4) is 0 Å². The fourth-order valence-corrected chi connectivity index (χ4v) is 4.02. The SMILES string of the molecule is COc1ccc(C(CNC(=O)C(C)Oc2cccc(C(C)=O)c2)c2c[nH]c3ccccc23)cc1. The van der Waals surface area contributed by atoms with E-state index in [9.17, 15) is 9.59 Å². The minimum atomic E-state index is -0.721. The fraction of sp³-hybridized carbons (Fsp3) is 0.214. The average Bonchev–Trinajstić information content (AvgIpc) is 3.28. The molecule has 0 aliphatic rings. The lowest BCUT2D eigenvalue weighted by Gasteiger charge is -2.21. The molecule has 34 heavy (non-hydrogen) atoms. The third-order valence-electron chi connectivity index (χ3n) is 5.92. The number of aromatic amines is 1. The number of benzene rings is 3. The second-order valence-corrected chi connectivity index (χ2v) is 8.20. The topological polar surface area (TPSA) is 80.4 Å². The summed E-state index contributed by atoms with van der Waals surface area (Å²) in [6.45, 7) is 3.59. The summed E-state index contributed by atoms with van der Waals surface area (Å²) in [6, 6.07) is 22.9. The first-order chi connectivity index (χ1) is 16.5. The van der Waals surface area contributed by atoms with Crippen molar-refractivity contribution in [1.29, 1.82) is 0 Å². The molecule has 174 valence electrons. The number of para-hydroxylation sites is 1. The van der Waals surface area contributed by atoms with E-state index in [1.165, 1.54) is 6.92 Å². The summed E-state index contributed by atoms with van der Waals surface area (Å²) in [6.07, 6.45) is 1.28. The van der Waals surface area contributed by atoms with E-state index in [0.717, 1.165) is 27.8 Å². The summed E-state index contributed by atoms with van der Waals surface area (Å²) >= 11 is 0. The zero-order valence-corrected chi connectivity index (χ0v) is 19.5. The summed E-state index contributed by atoms with van der Waals surface area (Å²) in [5.41, 5.74) is 3.76. The molecular weight excluding hydrogens is 428 g/mol. The van der Waals surface area contributed by atoms with Gasteiger partial charge in [0.05, 0.1) is 7.11 Å². The molecule has 2 atom stereocenters. The van der Waals surface area contributed by atoms with Crippen LogP contribution in [0, 0.1) is 0 Å². The number of ether oxygens (including phenoxy) is 2. The maximum absolute atomic E-state index is 12.9. The highest BCUT2D eigenvalue weighted by atomic mass is 16.5. The van der Waals surface area contributed by atoms with Crippen molar-refractivity contribution < 1.29 is 19.1 Å². The number of nitrogens with one attached hydrogen (secondary N) is 2. The number of H-pyrrole nitrogens is 1. The first-order valence-corrected chi connectivity index (χ1v) is 11.2. The first kappa shape index (κ1) is 23.1. The first-order valence-electron chi connectivity index (χ1n) is 11.2. The smallest absolute Gasteiger partial charge is 0.260 e. The van der Waals surface area contributed by atoms with Gasteiger partial charge in [0.25, 0.3) is 5.91 Å². The molecule has 4 aromatic rings. The van der Waals surface area contributed by atoms with Crippen LogP contribution in [0.1, 0.15) is 41.3 Å². The lowest BCUT2D eigenvalue weighted by atomic mass is 9.90. The molecule has 0 aliphatic carbocycles. The summed E-state index contributed by atoms with van der Waals surface area (Å²) in [5, 5.41) is 4.16. The Morgan fingerprint density at radius 3 is 2.47 bits per heavy atom. The Balaban J connectivity index is 1.52. The van der Waals surface area contributed by atoms with Crippen molar-refractivity contribution in [2.24, 2.45) is 0 Å². The van der Waals surface area contributed by atoms with Crippen molar-refractivity contribution in [1.82, 2.24) is 10.3 Å².